The number of nitro groups is 1. The lowest BCUT2D eigenvalue weighted by atomic mass is 10.1. The van der Waals surface area contributed by atoms with Crippen LogP contribution >= 0.6 is 35.3 Å². The van der Waals surface area contributed by atoms with Crippen LogP contribution in [0.15, 0.2) is 28.5 Å². The largest absolute Gasteiger partial charge is 0.496 e. The van der Waals surface area contributed by atoms with E-state index in [1.165, 1.54) is 37.8 Å². The number of guanidine groups is 1. The summed E-state index contributed by atoms with van der Waals surface area (Å²) in [7, 11) is 2.74. The van der Waals surface area contributed by atoms with Crippen molar-refractivity contribution in [3.05, 3.63) is 38.5 Å². The third-order valence-electron chi connectivity index (χ3n) is 3.65. The van der Waals surface area contributed by atoms with Gasteiger partial charge in [-0.2, -0.15) is 5.10 Å². The van der Waals surface area contributed by atoms with Crippen LogP contribution in [0.1, 0.15) is 5.69 Å². The van der Waals surface area contributed by atoms with E-state index in [-0.39, 0.29) is 46.8 Å². The van der Waals surface area contributed by atoms with Gasteiger partial charge in [-0.05, 0) is 12.1 Å². The maximum Gasteiger partial charge on any atom is 0.324 e. The topological polar surface area (TPSA) is 156 Å². The molecule has 11 nitrogen and oxygen atoms in total. The summed E-state index contributed by atoms with van der Waals surface area (Å²) in [6.45, 7) is 0. The van der Waals surface area contributed by atoms with Gasteiger partial charge in [0.25, 0.3) is 0 Å². The maximum absolute atomic E-state index is 11.8. The van der Waals surface area contributed by atoms with Crippen LogP contribution in [0.25, 0.3) is 16.2 Å². The molecule has 14 heteroatoms. The standard InChI is InChI=1S/C15H14ClN7O4S.ClH/c1-26-8-3-4-9(27-2)13(23(24)25)11(8)12-7(5-19-21-14(17)18)22-6-10(16)28-15(22)20-12;/h3-6H,1-2H3,(H4,17,18,21);1H/b19-5+;. The van der Waals surface area contributed by atoms with Crippen molar-refractivity contribution >= 4 is 58.2 Å². The summed E-state index contributed by atoms with van der Waals surface area (Å²) in [4.78, 5) is 16.2. The molecule has 0 saturated heterocycles. The van der Waals surface area contributed by atoms with Crippen molar-refractivity contribution in [1.29, 1.82) is 0 Å². The highest BCUT2D eigenvalue weighted by Gasteiger charge is 2.30. The number of imidazole rings is 1. The van der Waals surface area contributed by atoms with E-state index >= 15 is 0 Å². The molecule has 29 heavy (non-hydrogen) atoms. The second-order valence-electron chi connectivity index (χ2n) is 5.25. The molecule has 0 aliphatic heterocycles. The van der Waals surface area contributed by atoms with Crippen molar-refractivity contribution in [2.24, 2.45) is 21.7 Å². The van der Waals surface area contributed by atoms with Gasteiger partial charge < -0.3 is 20.9 Å². The van der Waals surface area contributed by atoms with Crippen LogP contribution in [-0.2, 0) is 0 Å². The zero-order valence-corrected chi connectivity index (χ0v) is 17.4. The van der Waals surface area contributed by atoms with Gasteiger partial charge in [-0.15, -0.1) is 17.5 Å². The predicted molar refractivity (Wildman–Crippen MR) is 114 cm³/mol. The highest BCUT2D eigenvalue weighted by atomic mass is 35.5. The number of benzene rings is 1. The third kappa shape index (κ3) is 4.18. The predicted octanol–water partition coefficient (Wildman–Crippen LogP) is 2.67. The first-order chi connectivity index (χ1) is 13.4. The van der Waals surface area contributed by atoms with Gasteiger partial charge in [-0.25, -0.2) is 4.98 Å². The van der Waals surface area contributed by atoms with Gasteiger partial charge in [0.05, 0.1) is 31.1 Å². The average Bonchev–Trinajstić information content (AvgIpc) is 3.16. The lowest BCUT2D eigenvalue weighted by Gasteiger charge is -2.11. The molecule has 0 aliphatic carbocycles. The Balaban J connectivity index is 0.00000300. The number of ether oxygens (including phenoxy) is 2. The fourth-order valence-electron chi connectivity index (χ4n) is 2.59. The van der Waals surface area contributed by atoms with E-state index in [1.54, 1.807) is 16.7 Å². The van der Waals surface area contributed by atoms with Crippen molar-refractivity contribution in [2.75, 3.05) is 14.2 Å². The monoisotopic (exact) mass is 459 g/mol. The number of thiazole rings is 1. The minimum atomic E-state index is -0.561. The van der Waals surface area contributed by atoms with Crippen LogP contribution in [-0.4, -0.2) is 40.7 Å². The van der Waals surface area contributed by atoms with E-state index in [0.29, 0.717) is 15.0 Å². The SMILES string of the molecule is COc1ccc(OC)c([N+](=O)[O-])c1-c1nc2sc(Cl)cn2c1/C=N/N=C(N)N.Cl. The average molecular weight is 460 g/mol. The molecule has 1 aromatic carbocycles. The Morgan fingerprint density at radius 3 is 2.59 bits per heavy atom. The zero-order valence-electron chi connectivity index (χ0n) is 15.0. The minimum Gasteiger partial charge on any atom is -0.496 e. The molecule has 154 valence electrons. The fourth-order valence-corrected chi connectivity index (χ4v) is 3.62. The number of hydrogen-bond donors (Lipinski definition) is 2. The minimum absolute atomic E-state index is 0. The van der Waals surface area contributed by atoms with Crippen LogP contribution in [0, 0.1) is 10.1 Å². The number of hydrogen-bond acceptors (Lipinski definition) is 8. The molecular weight excluding hydrogens is 445 g/mol. The summed E-state index contributed by atoms with van der Waals surface area (Å²) >= 11 is 7.25. The van der Waals surface area contributed by atoms with Crippen molar-refractivity contribution in [2.45, 2.75) is 0 Å². The van der Waals surface area contributed by atoms with Gasteiger partial charge in [0, 0.05) is 6.20 Å². The maximum atomic E-state index is 11.8. The summed E-state index contributed by atoms with van der Waals surface area (Å²) < 4.78 is 12.6. The Bertz CT molecular complexity index is 1120. The van der Waals surface area contributed by atoms with Gasteiger partial charge in [0.15, 0.2) is 10.7 Å². The van der Waals surface area contributed by atoms with Gasteiger partial charge in [0.2, 0.25) is 5.96 Å². The quantitative estimate of drug-likeness (QED) is 0.248. The highest BCUT2D eigenvalue weighted by Crippen LogP contribution is 2.45. The molecule has 0 atom stereocenters. The molecule has 2 heterocycles. The Morgan fingerprint density at radius 1 is 1.34 bits per heavy atom. The highest BCUT2D eigenvalue weighted by molar-refractivity contribution is 7.20. The first-order valence-electron chi connectivity index (χ1n) is 7.56. The molecular formula is C15H15Cl2N7O4S. The van der Waals surface area contributed by atoms with Gasteiger partial charge in [-0.1, -0.05) is 22.9 Å². The second kappa shape index (κ2) is 8.94. The van der Waals surface area contributed by atoms with Crippen LogP contribution in [0.5, 0.6) is 11.5 Å². The van der Waals surface area contributed by atoms with E-state index in [0.717, 1.165) is 0 Å². The van der Waals surface area contributed by atoms with Gasteiger partial charge in [0.1, 0.15) is 21.3 Å². The number of halogens is 2. The van der Waals surface area contributed by atoms with Gasteiger partial charge >= 0.3 is 5.69 Å². The number of nitrogens with zero attached hydrogens (tertiary/aromatic N) is 5. The van der Waals surface area contributed by atoms with Gasteiger partial charge in [-0.3, -0.25) is 14.5 Å². The zero-order chi connectivity index (χ0) is 20.4. The first kappa shape index (κ1) is 22.2. The van der Waals surface area contributed by atoms with E-state index in [1.807, 2.05) is 0 Å². The third-order valence-corrected chi connectivity index (χ3v) is 4.75. The number of aromatic nitrogens is 2. The second-order valence-corrected chi connectivity index (χ2v) is 6.89. The Hall–Kier alpha value is -3.09. The Morgan fingerprint density at radius 2 is 2.00 bits per heavy atom. The molecule has 3 aromatic rings. The number of nitro benzene ring substituents is 1. The molecule has 0 bridgehead atoms. The summed E-state index contributed by atoms with van der Waals surface area (Å²) in [6, 6.07) is 3.00. The summed E-state index contributed by atoms with van der Waals surface area (Å²) in [5.74, 6) is 0.0509. The molecule has 3 rings (SSSR count). The summed E-state index contributed by atoms with van der Waals surface area (Å²) in [5, 5.41) is 19.2. The van der Waals surface area contributed by atoms with Crippen LogP contribution in [0.4, 0.5) is 5.69 Å². The molecule has 0 aliphatic rings. The molecule has 0 spiro atoms. The van der Waals surface area contributed by atoms with E-state index in [4.69, 9.17) is 32.5 Å². The van der Waals surface area contributed by atoms with E-state index < -0.39 is 4.92 Å². The van der Waals surface area contributed by atoms with Crippen LogP contribution < -0.4 is 20.9 Å². The molecule has 0 radical (unpaired) electrons. The first-order valence-corrected chi connectivity index (χ1v) is 8.76. The lowest BCUT2D eigenvalue weighted by Crippen LogP contribution is -2.21. The van der Waals surface area contributed by atoms with E-state index in [9.17, 15) is 10.1 Å². The molecule has 4 N–H and O–H groups in total. The summed E-state index contributed by atoms with van der Waals surface area (Å²) in [6.07, 6.45) is 2.92. The molecule has 2 aromatic heterocycles. The molecule has 0 saturated carbocycles. The fraction of sp³-hybridized carbons (Fsp3) is 0.133. The number of methoxy groups -OCH3 is 2. The molecule has 0 amide bonds. The lowest BCUT2D eigenvalue weighted by molar-refractivity contribution is -0.385. The van der Waals surface area contributed by atoms with Crippen molar-refractivity contribution < 1.29 is 14.4 Å². The number of fused-ring (bicyclic) bond motifs is 1. The van der Waals surface area contributed by atoms with Crippen LogP contribution in [0.3, 0.4) is 0 Å². The number of rotatable bonds is 6. The molecule has 0 fully saturated rings. The Labute approximate surface area is 179 Å². The normalized spacial score (nSPS) is 10.7. The molecule has 0 unspecified atom stereocenters. The van der Waals surface area contributed by atoms with Crippen molar-refractivity contribution in [3.8, 4) is 22.8 Å². The van der Waals surface area contributed by atoms with Crippen molar-refractivity contribution in [1.82, 2.24) is 9.38 Å². The Kier molecular flexibility index (Phi) is 6.84. The smallest absolute Gasteiger partial charge is 0.324 e. The van der Waals surface area contributed by atoms with Crippen molar-refractivity contribution in [3.63, 3.8) is 0 Å². The van der Waals surface area contributed by atoms with E-state index in [2.05, 4.69) is 15.2 Å². The van der Waals surface area contributed by atoms with Crippen LogP contribution in [0.2, 0.25) is 4.34 Å². The number of nitrogens with two attached hydrogens (primary N) is 2. The summed E-state index contributed by atoms with van der Waals surface area (Å²) in [5.41, 5.74) is 11.0.